The molecule has 0 aliphatic heterocycles. The summed E-state index contributed by atoms with van der Waals surface area (Å²) in [5, 5.41) is 23.5. The van der Waals surface area contributed by atoms with Crippen LogP contribution < -0.4 is 16.0 Å². The van der Waals surface area contributed by atoms with Crippen molar-refractivity contribution < 1.29 is 24.2 Å². The van der Waals surface area contributed by atoms with Crippen molar-refractivity contribution in [2.75, 3.05) is 7.05 Å². The number of aromatic nitrogens is 2. The van der Waals surface area contributed by atoms with E-state index in [0.29, 0.717) is 19.4 Å². The maximum Gasteiger partial charge on any atom is 0.407 e. The first-order chi connectivity index (χ1) is 24.1. The number of amides is 4. The molecule has 0 saturated carbocycles. The van der Waals surface area contributed by atoms with Gasteiger partial charge in [-0.1, -0.05) is 87.5 Å². The zero-order valence-electron chi connectivity index (χ0n) is 29.1. The van der Waals surface area contributed by atoms with Crippen molar-refractivity contribution in [1.29, 1.82) is 0 Å². The standard InChI is InChI=1S/C38H48N6O5S/c1-5-34-40-31(25-50-34)23-44(4)37(47)43-35(26(2)3)36(46)42-32(20-28-15-10-7-11-16-28)33(45)21-30(19-27-13-8-6-9-14-27)41-38(48)49-24-29-17-12-18-39-22-29/h6-18,22,25-26,30,32-33,35,45H,5,19-21,23-24H2,1-4H3,(H,41,48)(H,42,46)(H,43,47)/t30-,32-,33-,35-/m0/s1. The third kappa shape index (κ3) is 12.3. The smallest absolute Gasteiger partial charge is 0.407 e. The monoisotopic (exact) mass is 700 g/mol. The third-order valence-electron chi connectivity index (χ3n) is 8.23. The molecule has 11 nitrogen and oxygen atoms in total. The first-order valence-electron chi connectivity index (χ1n) is 16.9. The summed E-state index contributed by atoms with van der Waals surface area (Å²) in [5.41, 5.74) is 3.43. The lowest BCUT2D eigenvalue weighted by atomic mass is 9.93. The zero-order chi connectivity index (χ0) is 35.9. The molecular formula is C38H48N6O5S. The number of nitrogens with one attached hydrogen (secondary N) is 3. The summed E-state index contributed by atoms with van der Waals surface area (Å²) in [6, 6.07) is 20.3. The van der Waals surface area contributed by atoms with Crippen LogP contribution in [0.4, 0.5) is 9.59 Å². The van der Waals surface area contributed by atoms with Crippen LogP contribution in [0.2, 0.25) is 0 Å². The highest BCUT2D eigenvalue weighted by molar-refractivity contribution is 7.09. The molecule has 4 N–H and O–H groups in total. The lowest BCUT2D eigenvalue weighted by molar-refractivity contribution is -0.125. The number of benzene rings is 2. The second-order valence-electron chi connectivity index (χ2n) is 12.7. The molecule has 0 fully saturated rings. The topological polar surface area (TPSA) is 146 Å². The van der Waals surface area contributed by atoms with Crippen LogP contribution in [0.1, 0.15) is 54.6 Å². The average Bonchev–Trinajstić information content (AvgIpc) is 3.57. The molecular weight excluding hydrogens is 653 g/mol. The molecule has 0 bridgehead atoms. The van der Waals surface area contributed by atoms with Gasteiger partial charge in [0.05, 0.1) is 29.4 Å². The molecule has 0 radical (unpaired) electrons. The Labute approximate surface area is 298 Å². The SMILES string of the molecule is CCc1nc(CN(C)C(=O)N[C@H](C(=O)N[C@@H](Cc2ccccc2)[C@@H](O)C[C@H](Cc2ccccc2)NC(=O)OCc2cccnc2)C(C)C)cs1. The summed E-state index contributed by atoms with van der Waals surface area (Å²) in [6.45, 7) is 6.11. The molecule has 2 aromatic carbocycles. The predicted octanol–water partition coefficient (Wildman–Crippen LogP) is 5.28. The van der Waals surface area contributed by atoms with E-state index in [2.05, 4.69) is 25.9 Å². The Morgan fingerprint density at radius 2 is 1.56 bits per heavy atom. The number of aryl methyl sites for hydroxylation is 1. The van der Waals surface area contributed by atoms with Gasteiger partial charge in [-0.3, -0.25) is 9.78 Å². The first kappa shape index (κ1) is 38.0. The van der Waals surface area contributed by atoms with Gasteiger partial charge in [0.25, 0.3) is 0 Å². The molecule has 4 aromatic rings. The minimum atomic E-state index is -1.06. The number of rotatable bonds is 17. The Balaban J connectivity index is 1.47. The van der Waals surface area contributed by atoms with Crippen LogP contribution in [0.5, 0.6) is 0 Å². The fourth-order valence-electron chi connectivity index (χ4n) is 5.49. The quantitative estimate of drug-likeness (QED) is 0.117. The summed E-state index contributed by atoms with van der Waals surface area (Å²) < 4.78 is 5.47. The van der Waals surface area contributed by atoms with Crippen LogP contribution in [0.25, 0.3) is 0 Å². The van der Waals surface area contributed by atoms with Gasteiger partial charge < -0.3 is 30.7 Å². The minimum Gasteiger partial charge on any atom is -0.445 e. The largest absolute Gasteiger partial charge is 0.445 e. The molecule has 2 heterocycles. The number of hydrogen-bond donors (Lipinski definition) is 4. The van der Waals surface area contributed by atoms with Gasteiger partial charge in [0.1, 0.15) is 12.6 Å². The second-order valence-corrected chi connectivity index (χ2v) is 13.6. The van der Waals surface area contributed by atoms with Crippen LogP contribution in [-0.4, -0.2) is 69.3 Å². The van der Waals surface area contributed by atoms with Gasteiger partial charge in [-0.05, 0) is 48.8 Å². The van der Waals surface area contributed by atoms with Crippen molar-refractivity contribution in [3.8, 4) is 0 Å². The van der Waals surface area contributed by atoms with E-state index in [0.717, 1.165) is 33.8 Å². The Kier molecular flexibility index (Phi) is 14.7. The van der Waals surface area contributed by atoms with E-state index in [9.17, 15) is 19.5 Å². The zero-order valence-corrected chi connectivity index (χ0v) is 29.9. The number of aliphatic hydroxyl groups is 1. The predicted molar refractivity (Wildman–Crippen MR) is 194 cm³/mol. The normalized spacial score (nSPS) is 13.5. The number of hydrogen-bond acceptors (Lipinski definition) is 8. The van der Waals surface area contributed by atoms with Crippen molar-refractivity contribution in [2.24, 2.45) is 5.92 Å². The van der Waals surface area contributed by atoms with Crippen LogP contribution in [0.15, 0.2) is 90.6 Å². The van der Waals surface area contributed by atoms with Gasteiger partial charge in [0.15, 0.2) is 0 Å². The highest BCUT2D eigenvalue weighted by atomic mass is 32.1. The molecule has 4 amide bonds. The molecule has 266 valence electrons. The van der Waals surface area contributed by atoms with Crippen molar-refractivity contribution >= 4 is 29.4 Å². The fraction of sp³-hybridized carbons (Fsp3) is 0.395. The lowest BCUT2D eigenvalue weighted by Gasteiger charge is -2.31. The van der Waals surface area contributed by atoms with E-state index < -0.39 is 42.3 Å². The van der Waals surface area contributed by atoms with E-state index >= 15 is 0 Å². The number of alkyl carbamates (subject to hydrolysis) is 1. The van der Waals surface area contributed by atoms with Gasteiger partial charge in [-0.2, -0.15) is 0 Å². The van der Waals surface area contributed by atoms with Crippen LogP contribution in [-0.2, 0) is 41.9 Å². The van der Waals surface area contributed by atoms with Gasteiger partial charge in [0.2, 0.25) is 5.91 Å². The highest BCUT2D eigenvalue weighted by Crippen LogP contribution is 2.16. The number of urea groups is 1. The maximum absolute atomic E-state index is 13.9. The van der Waals surface area contributed by atoms with Crippen molar-refractivity contribution in [1.82, 2.24) is 30.8 Å². The van der Waals surface area contributed by atoms with Gasteiger partial charge in [0, 0.05) is 36.4 Å². The van der Waals surface area contributed by atoms with E-state index in [1.807, 2.05) is 92.9 Å². The Morgan fingerprint density at radius 3 is 2.16 bits per heavy atom. The van der Waals surface area contributed by atoms with Crippen LogP contribution >= 0.6 is 11.3 Å². The molecule has 2 aromatic heterocycles. The summed E-state index contributed by atoms with van der Waals surface area (Å²) in [7, 11) is 1.67. The summed E-state index contributed by atoms with van der Waals surface area (Å²) in [6.07, 6.45) is 3.31. The molecule has 50 heavy (non-hydrogen) atoms. The molecule has 0 unspecified atom stereocenters. The number of carbonyl (C=O) groups excluding carboxylic acids is 3. The molecule has 0 spiro atoms. The van der Waals surface area contributed by atoms with Gasteiger partial charge >= 0.3 is 12.1 Å². The third-order valence-corrected chi connectivity index (χ3v) is 9.27. The lowest BCUT2D eigenvalue weighted by Crippen LogP contribution is -2.57. The summed E-state index contributed by atoms with van der Waals surface area (Å²) in [5.74, 6) is -0.651. The van der Waals surface area contributed by atoms with E-state index in [1.165, 1.54) is 4.90 Å². The number of thiazole rings is 1. The maximum atomic E-state index is 13.9. The Hall–Kier alpha value is -4.81. The van der Waals surface area contributed by atoms with E-state index in [1.54, 1.807) is 36.8 Å². The van der Waals surface area contributed by atoms with Crippen molar-refractivity contribution in [2.45, 2.75) is 83.8 Å². The number of pyridine rings is 1. The van der Waals surface area contributed by atoms with E-state index in [-0.39, 0.29) is 18.9 Å². The van der Waals surface area contributed by atoms with Crippen LogP contribution in [0, 0.1) is 5.92 Å². The van der Waals surface area contributed by atoms with Crippen molar-refractivity contribution in [3.63, 3.8) is 0 Å². The average molecular weight is 701 g/mol. The molecule has 12 heteroatoms. The fourth-order valence-corrected chi connectivity index (χ4v) is 6.23. The molecule has 0 aliphatic carbocycles. The number of carbonyl (C=O) groups is 3. The molecule has 4 atom stereocenters. The molecule has 4 rings (SSSR count). The van der Waals surface area contributed by atoms with Gasteiger partial charge in [-0.15, -0.1) is 11.3 Å². The minimum absolute atomic E-state index is 0.0496. The summed E-state index contributed by atoms with van der Waals surface area (Å²) in [4.78, 5) is 50.1. The second kappa shape index (κ2) is 19.4. The Morgan fingerprint density at radius 1 is 0.900 bits per heavy atom. The Bertz CT molecular complexity index is 1620. The first-order valence-corrected chi connectivity index (χ1v) is 17.8. The number of ether oxygens (including phenoxy) is 1. The molecule has 0 aliphatic rings. The van der Waals surface area contributed by atoms with Crippen LogP contribution in [0.3, 0.4) is 0 Å². The summed E-state index contributed by atoms with van der Waals surface area (Å²) >= 11 is 1.56. The van der Waals surface area contributed by atoms with Gasteiger partial charge in [-0.25, -0.2) is 14.6 Å². The molecule has 0 saturated heterocycles. The van der Waals surface area contributed by atoms with E-state index in [4.69, 9.17) is 4.74 Å². The number of nitrogens with zero attached hydrogens (tertiary/aromatic N) is 3. The number of aliphatic hydroxyl groups excluding tert-OH is 1. The van der Waals surface area contributed by atoms with Crippen molar-refractivity contribution in [3.05, 3.63) is 118 Å². The highest BCUT2D eigenvalue weighted by Gasteiger charge is 2.31.